The minimum atomic E-state index is -0.288. The molecule has 1 aromatic heterocycles. The van der Waals surface area contributed by atoms with Gasteiger partial charge in [0.15, 0.2) is 6.73 Å². The van der Waals surface area contributed by atoms with Gasteiger partial charge in [0.25, 0.3) is 0 Å². The number of unbranched alkanes of at least 4 members (excludes halogenated alkanes) is 1. The smallest absolute Gasteiger partial charge is 0.339 e. The van der Waals surface area contributed by atoms with Crippen molar-refractivity contribution < 1.29 is 13.9 Å². The second-order valence-electron chi connectivity index (χ2n) is 7.23. The molecule has 0 saturated heterocycles. The summed E-state index contributed by atoms with van der Waals surface area (Å²) in [5.74, 6) is 1.65. The van der Waals surface area contributed by atoms with Crippen LogP contribution < -0.4 is 20.0 Å². The first-order valence-corrected chi connectivity index (χ1v) is 9.75. The highest BCUT2D eigenvalue weighted by molar-refractivity contribution is 5.86. The van der Waals surface area contributed by atoms with Gasteiger partial charge in [-0.15, -0.1) is 0 Å². The largest absolute Gasteiger partial charge is 0.494 e. The molecule has 1 aliphatic rings. The van der Waals surface area contributed by atoms with Gasteiger partial charge in [0.05, 0.1) is 18.7 Å². The summed E-state index contributed by atoms with van der Waals surface area (Å²) in [6.45, 7) is 7.71. The molecule has 0 bridgehead atoms. The molecule has 5 nitrogen and oxygen atoms in total. The summed E-state index contributed by atoms with van der Waals surface area (Å²) < 4.78 is 17.3. The lowest BCUT2D eigenvalue weighted by atomic mass is 10.0. The van der Waals surface area contributed by atoms with Crippen LogP contribution in [0.2, 0.25) is 0 Å². The Morgan fingerprint density at radius 2 is 1.86 bits per heavy atom. The monoisotopic (exact) mass is 379 g/mol. The van der Waals surface area contributed by atoms with Gasteiger partial charge in [-0.05, 0) is 62.2 Å². The minimum absolute atomic E-state index is 0.288. The van der Waals surface area contributed by atoms with Crippen LogP contribution in [0.15, 0.2) is 45.6 Å². The lowest BCUT2D eigenvalue weighted by molar-refractivity contribution is 0.288. The molecule has 0 atom stereocenters. The molecular weight excluding hydrogens is 354 g/mol. The Hall–Kier alpha value is -2.95. The maximum Gasteiger partial charge on any atom is 0.339 e. The second-order valence-corrected chi connectivity index (χ2v) is 7.23. The van der Waals surface area contributed by atoms with Crippen LogP contribution in [0.5, 0.6) is 11.5 Å². The highest BCUT2D eigenvalue weighted by Gasteiger charge is 2.23. The van der Waals surface area contributed by atoms with E-state index < -0.39 is 0 Å². The Morgan fingerprint density at radius 1 is 1.07 bits per heavy atom. The van der Waals surface area contributed by atoms with E-state index in [9.17, 15) is 4.79 Å². The van der Waals surface area contributed by atoms with Crippen LogP contribution in [0.4, 0.5) is 5.69 Å². The van der Waals surface area contributed by atoms with Gasteiger partial charge >= 0.3 is 5.63 Å². The summed E-state index contributed by atoms with van der Waals surface area (Å²) in [6, 6.07) is 12.0. The number of benzene rings is 2. The molecule has 146 valence electrons. The zero-order valence-electron chi connectivity index (χ0n) is 16.6. The van der Waals surface area contributed by atoms with Crippen molar-refractivity contribution >= 4 is 16.7 Å². The van der Waals surface area contributed by atoms with Gasteiger partial charge in [-0.25, -0.2) is 4.79 Å². The number of nitrogens with zero attached hydrogens (tertiary/aromatic N) is 1. The summed E-state index contributed by atoms with van der Waals surface area (Å²) in [5, 5.41) is 0.959. The van der Waals surface area contributed by atoms with Crippen LogP contribution in [-0.4, -0.2) is 13.3 Å². The van der Waals surface area contributed by atoms with Gasteiger partial charge in [0.1, 0.15) is 17.1 Å². The second kappa shape index (κ2) is 7.58. The summed E-state index contributed by atoms with van der Waals surface area (Å²) in [7, 11) is 0. The van der Waals surface area contributed by atoms with Gasteiger partial charge in [0, 0.05) is 16.6 Å². The molecule has 5 heteroatoms. The highest BCUT2D eigenvalue weighted by atomic mass is 16.5. The lowest BCUT2D eigenvalue weighted by Crippen LogP contribution is -2.32. The van der Waals surface area contributed by atoms with Crippen molar-refractivity contribution in [2.75, 3.05) is 18.2 Å². The zero-order valence-corrected chi connectivity index (χ0v) is 16.6. The van der Waals surface area contributed by atoms with Crippen LogP contribution in [0.25, 0.3) is 11.0 Å². The Bertz CT molecular complexity index is 1050. The van der Waals surface area contributed by atoms with E-state index >= 15 is 0 Å². The van der Waals surface area contributed by atoms with E-state index in [0.717, 1.165) is 53.1 Å². The fourth-order valence-corrected chi connectivity index (χ4v) is 3.47. The standard InChI is InChI=1S/C23H25NO4/c1-4-5-12-26-18-8-6-17(7-9-18)24-13-20-21(27-14-24)11-10-19-15(2)16(3)23(25)28-22(19)20/h6-11H,4-5,12-14H2,1-3H3. The third kappa shape index (κ3) is 3.33. The van der Waals surface area contributed by atoms with Crippen molar-refractivity contribution in [2.45, 2.75) is 40.2 Å². The van der Waals surface area contributed by atoms with Crippen molar-refractivity contribution in [3.63, 3.8) is 0 Å². The van der Waals surface area contributed by atoms with Crippen molar-refractivity contribution in [2.24, 2.45) is 0 Å². The molecule has 4 rings (SSSR count). The minimum Gasteiger partial charge on any atom is -0.494 e. The SMILES string of the molecule is CCCCOc1ccc(N2COc3ccc4c(C)c(C)c(=O)oc4c3C2)cc1. The fraction of sp³-hybridized carbons (Fsp3) is 0.348. The molecule has 28 heavy (non-hydrogen) atoms. The van der Waals surface area contributed by atoms with Crippen molar-refractivity contribution in [3.8, 4) is 11.5 Å². The van der Waals surface area contributed by atoms with Crippen LogP contribution in [-0.2, 0) is 6.54 Å². The van der Waals surface area contributed by atoms with E-state index in [0.29, 0.717) is 24.4 Å². The number of rotatable bonds is 5. The highest BCUT2D eigenvalue weighted by Crippen LogP contribution is 2.35. The number of ether oxygens (including phenoxy) is 2. The van der Waals surface area contributed by atoms with E-state index in [1.807, 2.05) is 43.3 Å². The van der Waals surface area contributed by atoms with E-state index in [1.54, 1.807) is 6.92 Å². The Morgan fingerprint density at radius 3 is 2.61 bits per heavy atom. The van der Waals surface area contributed by atoms with E-state index in [2.05, 4.69) is 11.8 Å². The summed E-state index contributed by atoms with van der Waals surface area (Å²) in [4.78, 5) is 14.3. The molecule has 0 N–H and O–H groups in total. The predicted octanol–water partition coefficient (Wildman–Crippen LogP) is 4.95. The fourth-order valence-electron chi connectivity index (χ4n) is 3.47. The van der Waals surface area contributed by atoms with Gasteiger partial charge in [0.2, 0.25) is 0 Å². The van der Waals surface area contributed by atoms with Crippen molar-refractivity contribution in [1.29, 1.82) is 0 Å². The normalized spacial score (nSPS) is 13.3. The van der Waals surface area contributed by atoms with Gasteiger partial charge in [-0.3, -0.25) is 0 Å². The van der Waals surface area contributed by atoms with Gasteiger partial charge < -0.3 is 18.8 Å². The zero-order chi connectivity index (χ0) is 19.7. The third-order valence-electron chi connectivity index (χ3n) is 5.38. The summed E-state index contributed by atoms with van der Waals surface area (Å²) >= 11 is 0. The Balaban J connectivity index is 1.63. The molecule has 0 saturated carbocycles. The predicted molar refractivity (Wildman–Crippen MR) is 110 cm³/mol. The average molecular weight is 379 g/mol. The number of anilines is 1. The van der Waals surface area contributed by atoms with E-state index in [1.165, 1.54) is 0 Å². The van der Waals surface area contributed by atoms with E-state index in [4.69, 9.17) is 13.9 Å². The van der Waals surface area contributed by atoms with Crippen molar-refractivity contribution in [3.05, 3.63) is 63.5 Å². The quantitative estimate of drug-likeness (QED) is 0.464. The summed E-state index contributed by atoms with van der Waals surface area (Å²) in [6.07, 6.45) is 2.17. The molecule has 0 radical (unpaired) electrons. The molecule has 3 aromatic rings. The van der Waals surface area contributed by atoms with Crippen molar-refractivity contribution in [1.82, 2.24) is 0 Å². The molecule has 0 amide bonds. The number of fused-ring (bicyclic) bond motifs is 3. The Labute approximate surface area is 164 Å². The molecule has 0 aliphatic carbocycles. The lowest BCUT2D eigenvalue weighted by Gasteiger charge is -2.31. The van der Waals surface area contributed by atoms with Crippen LogP contribution in [0.1, 0.15) is 36.5 Å². The topological polar surface area (TPSA) is 51.9 Å². The molecular formula is C23H25NO4. The Kier molecular flexibility index (Phi) is 4.99. The van der Waals surface area contributed by atoms with Crippen LogP contribution in [0.3, 0.4) is 0 Å². The first-order valence-electron chi connectivity index (χ1n) is 9.75. The molecule has 1 aliphatic heterocycles. The van der Waals surface area contributed by atoms with E-state index in [-0.39, 0.29) is 5.63 Å². The van der Waals surface area contributed by atoms with Crippen LogP contribution >= 0.6 is 0 Å². The van der Waals surface area contributed by atoms with Crippen LogP contribution in [0, 0.1) is 13.8 Å². The first-order chi connectivity index (χ1) is 13.6. The number of hydrogen-bond acceptors (Lipinski definition) is 5. The number of hydrogen-bond donors (Lipinski definition) is 0. The molecule has 0 unspecified atom stereocenters. The molecule has 0 spiro atoms. The average Bonchev–Trinajstić information content (AvgIpc) is 2.72. The third-order valence-corrected chi connectivity index (χ3v) is 5.38. The summed E-state index contributed by atoms with van der Waals surface area (Å²) in [5.41, 5.74) is 3.89. The molecule has 2 aromatic carbocycles. The first kappa shape index (κ1) is 18.4. The maximum absolute atomic E-state index is 12.2. The van der Waals surface area contributed by atoms with Gasteiger partial charge in [-0.2, -0.15) is 0 Å². The number of aryl methyl sites for hydroxylation is 1. The molecule has 0 fully saturated rings. The maximum atomic E-state index is 12.2. The van der Waals surface area contributed by atoms with Gasteiger partial charge in [-0.1, -0.05) is 13.3 Å². The molecule has 2 heterocycles.